The standard InChI is InChI=1S/C23H23N3O5/c1-4-30-22(28)14-6-9-16(10-7-14)26-20-17-12-15(21(27)24-3)8-11-19(17)25-13-18(20)23(29)31-5-2/h6-13H,4-5H2,1-3H3,(H,24,27)(H,25,26). The first kappa shape index (κ1) is 21.8. The van der Waals surface area contributed by atoms with Crippen LogP contribution in [0.25, 0.3) is 10.9 Å². The zero-order chi connectivity index (χ0) is 22.4. The molecule has 0 fully saturated rings. The SMILES string of the molecule is CCOC(=O)c1ccc(Nc2c(C(=O)OCC)cnc3ccc(C(=O)NC)cc23)cc1. The minimum absolute atomic E-state index is 0.211. The van der Waals surface area contributed by atoms with Gasteiger partial charge in [-0.3, -0.25) is 9.78 Å². The normalized spacial score (nSPS) is 10.4. The number of hydrogen-bond donors (Lipinski definition) is 2. The van der Waals surface area contributed by atoms with Crippen molar-refractivity contribution in [1.29, 1.82) is 0 Å². The van der Waals surface area contributed by atoms with Gasteiger partial charge in [0.15, 0.2) is 0 Å². The van der Waals surface area contributed by atoms with E-state index in [0.717, 1.165) is 0 Å². The van der Waals surface area contributed by atoms with E-state index in [-0.39, 0.29) is 18.1 Å². The quantitative estimate of drug-likeness (QED) is 0.560. The van der Waals surface area contributed by atoms with Crippen molar-refractivity contribution < 1.29 is 23.9 Å². The van der Waals surface area contributed by atoms with Gasteiger partial charge in [0.1, 0.15) is 5.56 Å². The summed E-state index contributed by atoms with van der Waals surface area (Å²) in [6.45, 7) is 3.96. The third kappa shape index (κ3) is 4.80. The fourth-order valence-corrected chi connectivity index (χ4v) is 3.02. The molecule has 0 spiro atoms. The molecule has 1 aromatic heterocycles. The summed E-state index contributed by atoms with van der Waals surface area (Å²) in [4.78, 5) is 40.9. The molecule has 0 saturated heterocycles. The minimum Gasteiger partial charge on any atom is -0.462 e. The molecule has 2 N–H and O–H groups in total. The Bertz CT molecular complexity index is 1130. The van der Waals surface area contributed by atoms with Crippen LogP contribution in [0.4, 0.5) is 11.4 Å². The number of ether oxygens (including phenoxy) is 2. The van der Waals surface area contributed by atoms with Gasteiger partial charge in [0.2, 0.25) is 0 Å². The Labute approximate surface area is 179 Å². The van der Waals surface area contributed by atoms with Crippen molar-refractivity contribution in [2.45, 2.75) is 13.8 Å². The Morgan fingerprint density at radius 3 is 2.19 bits per heavy atom. The van der Waals surface area contributed by atoms with E-state index >= 15 is 0 Å². The molecule has 0 radical (unpaired) electrons. The molecule has 0 bridgehead atoms. The van der Waals surface area contributed by atoms with Crippen LogP contribution in [0.15, 0.2) is 48.7 Å². The van der Waals surface area contributed by atoms with Gasteiger partial charge in [0.25, 0.3) is 5.91 Å². The lowest BCUT2D eigenvalue weighted by Crippen LogP contribution is -2.17. The van der Waals surface area contributed by atoms with E-state index in [9.17, 15) is 14.4 Å². The monoisotopic (exact) mass is 421 g/mol. The summed E-state index contributed by atoms with van der Waals surface area (Å²) in [7, 11) is 1.55. The first-order valence-corrected chi connectivity index (χ1v) is 9.84. The number of rotatable bonds is 7. The second kappa shape index (κ2) is 9.71. The fourth-order valence-electron chi connectivity index (χ4n) is 3.02. The lowest BCUT2D eigenvalue weighted by Gasteiger charge is -2.15. The summed E-state index contributed by atoms with van der Waals surface area (Å²) in [5.41, 5.74) is 2.77. The number of nitrogens with one attached hydrogen (secondary N) is 2. The summed E-state index contributed by atoms with van der Waals surface area (Å²) in [6, 6.07) is 11.7. The van der Waals surface area contributed by atoms with Crippen LogP contribution in [0, 0.1) is 0 Å². The van der Waals surface area contributed by atoms with Crippen molar-refractivity contribution >= 4 is 40.1 Å². The lowest BCUT2D eigenvalue weighted by atomic mass is 10.1. The molecule has 0 unspecified atom stereocenters. The highest BCUT2D eigenvalue weighted by Gasteiger charge is 2.18. The molecule has 0 aliphatic carbocycles. The number of anilines is 2. The van der Waals surface area contributed by atoms with Gasteiger partial charge >= 0.3 is 11.9 Å². The number of carbonyl (C=O) groups is 3. The molecule has 31 heavy (non-hydrogen) atoms. The maximum Gasteiger partial charge on any atom is 0.341 e. The Morgan fingerprint density at radius 1 is 0.903 bits per heavy atom. The van der Waals surface area contributed by atoms with E-state index in [1.807, 2.05) is 0 Å². The Morgan fingerprint density at radius 2 is 1.55 bits per heavy atom. The highest BCUT2D eigenvalue weighted by molar-refractivity contribution is 6.08. The third-order valence-electron chi connectivity index (χ3n) is 4.52. The maximum absolute atomic E-state index is 12.5. The zero-order valence-corrected chi connectivity index (χ0v) is 17.5. The Balaban J connectivity index is 2.08. The molecular weight excluding hydrogens is 398 g/mol. The van der Waals surface area contributed by atoms with E-state index in [0.29, 0.717) is 40.0 Å². The van der Waals surface area contributed by atoms with Crippen LogP contribution in [0.1, 0.15) is 44.9 Å². The van der Waals surface area contributed by atoms with Gasteiger partial charge in [-0.1, -0.05) is 0 Å². The molecule has 1 heterocycles. The summed E-state index contributed by atoms with van der Waals surface area (Å²) < 4.78 is 10.2. The molecule has 0 saturated carbocycles. The van der Waals surface area contributed by atoms with Gasteiger partial charge in [-0.25, -0.2) is 9.59 Å². The first-order chi connectivity index (χ1) is 15.0. The van der Waals surface area contributed by atoms with Crippen LogP contribution in [0.3, 0.4) is 0 Å². The molecule has 3 aromatic rings. The fraction of sp³-hybridized carbons (Fsp3) is 0.217. The first-order valence-electron chi connectivity index (χ1n) is 9.84. The van der Waals surface area contributed by atoms with Crippen molar-refractivity contribution in [3.8, 4) is 0 Å². The van der Waals surface area contributed by atoms with E-state index in [4.69, 9.17) is 9.47 Å². The second-order valence-corrected chi connectivity index (χ2v) is 6.50. The van der Waals surface area contributed by atoms with Crippen LogP contribution in [0.2, 0.25) is 0 Å². The van der Waals surface area contributed by atoms with Crippen LogP contribution in [-0.2, 0) is 9.47 Å². The summed E-state index contributed by atoms with van der Waals surface area (Å²) >= 11 is 0. The number of pyridine rings is 1. The Kier molecular flexibility index (Phi) is 6.81. The number of amides is 1. The average molecular weight is 421 g/mol. The van der Waals surface area contributed by atoms with Gasteiger partial charge < -0.3 is 20.1 Å². The van der Waals surface area contributed by atoms with Gasteiger partial charge in [-0.2, -0.15) is 0 Å². The van der Waals surface area contributed by atoms with Gasteiger partial charge in [0, 0.05) is 29.9 Å². The smallest absolute Gasteiger partial charge is 0.341 e. The van der Waals surface area contributed by atoms with E-state index in [1.165, 1.54) is 6.20 Å². The van der Waals surface area contributed by atoms with Crippen molar-refractivity contribution in [2.75, 3.05) is 25.6 Å². The number of nitrogens with zero attached hydrogens (tertiary/aromatic N) is 1. The lowest BCUT2D eigenvalue weighted by molar-refractivity contribution is 0.0517. The summed E-state index contributed by atoms with van der Waals surface area (Å²) in [6.07, 6.45) is 1.44. The zero-order valence-electron chi connectivity index (χ0n) is 17.5. The number of fused-ring (bicyclic) bond motifs is 1. The Hall–Kier alpha value is -3.94. The van der Waals surface area contributed by atoms with Crippen LogP contribution < -0.4 is 10.6 Å². The number of aromatic nitrogens is 1. The van der Waals surface area contributed by atoms with Crippen molar-refractivity contribution in [2.24, 2.45) is 0 Å². The van der Waals surface area contributed by atoms with Crippen molar-refractivity contribution in [3.63, 3.8) is 0 Å². The van der Waals surface area contributed by atoms with E-state index < -0.39 is 11.9 Å². The number of esters is 2. The largest absolute Gasteiger partial charge is 0.462 e. The van der Waals surface area contributed by atoms with Crippen LogP contribution in [-0.4, -0.2) is 43.1 Å². The topological polar surface area (TPSA) is 107 Å². The van der Waals surface area contributed by atoms with E-state index in [2.05, 4.69) is 15.6 Å². The second-order valence-electron chi connectivity index (χ2n) is 6.50. The van der Waals surface area contributed by atoms with Crippen LogP contribution in [0.5, 0.6) is 0 Å². The molecule has 2 aromatic carbocycles. The van der Waals surface area contributed by atoms with Crippen LogP contribution >= 0.6 is 0 Å². The predicted octanol–water partition coefficient (Wildman–Crippen LogP) is 3.69. The number of hydrogen-bond acceptors (Lipinski definition) is 7. The van der Waals surface area contributed by atoms with Crippen molar-refractivity contribution in [3.05, 3.63) is 65.4 Å². The highest BCUT2D eigenvalue weighted by Crippen LogP contribution is 2.31. The van der Waals surface area contributed by atoms with Gasteiger partial charge in [-0.05, 0) is 56.3 Å². The summed E-state index contributed by atoms with van der Waals surface area (Å²) in [5.74, 6) is -1.20. The molecule has 8 heteroatoms. The maximum atomic E-state index is 12.5. The molecule has 0 aliphatic heterocycles. The summed E-state index contributed by atoms with van der Waals surface area (Å²) in [5, 5.41) is 6.38. The highest BCUT2D eigenvalue weighted by atomic mass is 16.5. The number of benzene rings is 2. The molecular formula is C23H23N3O5. The third-order valence-corrected chi connectivity index (χ3v) is 4.52. The van der Waals surface area contributed by atoms with Gasteiger partial charge in [0.05, 0.1) is 30.0 Å². The molecule has 1 amide bonds. The molecule has 0 aliphatic rings. The molecule has 3 rings (SSSR count). The molecule has 160 valence electrons. The van der Waals surface area contributed by atoms with Gasteiger partial charge in [-0.15, -0.1) is 0 Å². The molecule has 8 nitrogen and oxygen atoms in total. The number of carbonyl (C=O) groups excluding carboxylic acids is 3. The van der Waals surface area contributed by atoms with Crippen molar-refractivity contribution in [1.82, 2.24) is 10.3 Å². The molecule has 0 atom stereocenters. The predicted molar refractivity (Wildman–Crippen MR) is 117 cm³/mol. The van der Waals surface area contributed by atoms with E-state index in [1.54, 1.807) is 63.4 Å². The minimum atomic E-state index is -0.534. The average Bonchev–Trinajstić information content (AvgIpc) is 2.79.